The highest BCUT2D eigenvalue weighted by molar-refractivity contribution is 6.29. The predicted octanol–water partition coefficient (Wildman–Crippen LogP) is 2.33. The number of nitrogens with two attached hydrogens (primary N) is 1. The number of methoxy groups -OCH3 is 1. The molecule has 0 spiro atoms. The van der Waals surface area contributed by atoms with Crippen LogP contribution in [0.5, 0.6) is 11.5 Å². The molecule has 0 fully saturated rings. The Morgan fingerprint density at radius 2 is 2.19 bits per heavy atom. The van der Waals surface area contributed by atoms with Crippen molar-refractivity contribution in [1.29, 1.82) is 0 Å². The molecule has 0 saturated heterocycles. The number of rotatable bonds is 6. The first-order valence-corrected chi connectivity index (χ1v) is 5.38. The SMILES string of the molecule is C=C(Cl)COc1ccc(CCN)cc1OC. The fourth-order valence-electron chi connectivity index (χ4n) is 1.31. The van der Waals surface area contributed by atoms with Crippen LogP contribution in [0.1, 0.15) is 5.56 Å². The van der Waals surface area contributed by atoms with E-state index < -0.39 is 0 Å². The zero-order valence-electron chi connectivity index (χ0n) is 9.33. The molecule has 2 N–H and O–H groups in total. The van der Waals surface area contributed by atoms with Crippen LogP contribution in [0.4, 0.5) is 0 Å². The number of hydrogen-bond acceptors (Lipinski definition) is 3. The molecule has 0 aliphatic carbocycles. The monoisotopic (exact) mass is 241 g/mol. The van der Waals surface area contributed by atoms with Gasteiger partial charge in [0.1, 0.15) is 6.61 Å². The highest BCUT2D eigenvalue weighted by atomic mass is 35.5. The Labute approximate surface area is 101 Å². The van der Waals surface area contributed by atoms with E-state index in [2.05, 4.69) is 6.58 Å². The Balaban J connectivity index is 2.80. The molecule has 0 radical (unpaired) electrons. The van der Waals surface area contributed by atoms with Crippen LogP contribution in [0.25, 0.3) is 0 Å². The Morgan fingerprint density at radius 3 is 2.75 bits per heavy atom. The Kier molecular flexibility index (Phi) is 5.15. The van der Waals surface area contributed by atoms with Crippen molar-refractivity contribution in [1.82, 2.24) is 0 Å². The smallest absolute Gasteiger partial charge is 0.161 e. The van der Waals surface area contributed by atoms with E-state index in [4.69, 9.17) is 26.8 Å². The average Bonchev–Trinajstić information content (AvgIpc) is 2.27. The maximum atomic E-state index is 5.63. The Bertz CT molecular complexity index is 366. The van der Waals surface area contributed by atoms with Crippen LogP contribution < -0.4 is 15.2 Å². The van der Waals surface area contributed by atoms with Gasteiger partial charge in [-0.3, -0.25) is 0 Å². The maximum absolute atomic E-state index is 5.63. The van der Waals surface area contributed by atoms with Crippen molar-refractivity contribution in [3.63, 3.8) is 0 Å². The van der Waals surface area contributed by atoms with Gasteiger partial charge in [0.15, 0.2) is 11.5 Å². The summed E-state index contributed by atoms with van der Waals surface area (Å²) in [6.07, 6.45) is 0.818. The lowest BCUT2D eigenvalue weighted by Gasteiger charge is -2.11. The van der Waals surface area contributed by atoms with Crippen molar-refractivity contribution in [2.24, 2.45) is 5.73 Å². The third kappa shape index (κ3) is 3.76. The number of benzene rings is 1. The van der Waals surface area contributed by atoms with E-state index in [1.54, 1.807) is 7.11 Å². The van der Waals surface area contributed by atoms with Gasteiger partial charge in [0.25, 0.3) is 0 Å². The minimum atomic E-state index is 0.272. The normalized spacial score (nSPS) is 9.94. The molecule has 88 valence electrons. The van der Waals surface area contributed by atoms with Crippen LogP contribution in [0, 0.1) is 0 Å². The minimum Gasteiger partial charge on any atom is -0.493 e. The van der Waals surface area contributed by atoms with Gasteiger partial charge in [-0.15, -0.1) is 0 Å². The molecule has 0 atom stereocenters. The van der Waals surface area contributed by atoms with E-state index in [-0.39, 0.29) is 6.61 Å². The van der Waals surface area contributed by atoms with Crippen LogP contribution in [0.2, 0.25) is 0 Å². The first-order valence-electron chi connectivity index (χ1n) is 5.00. The van der Waals surface area contributed by atoms with E-state index in [0.29, 0.717) is 23.1 Å². The summed E-state index contributed by atoms with van der Waals surface area (Å²) in [4.78, 5) is 0. The van der Waals surface area contributed by atoms with Crippen molar-refractivity contribution in [3.8, 4) is 11.5 Å². The van der Waals surface area contributed by atoms with Gasteiger partial charge in [0.05, 0.1) is 7.11 Å². The molecule has 0 aromatic heterocycles. The van der Waals surface area contributed by atoms with Gasteiger partial charge in [-0.05, 0) is 30.7 Å². The van der Waals surface area contributed by atoms with Gasteiger partial charge in [-0.1, -0.05) is 24.2 Å². The Hall–Kier alpha value is -1.19. The molecule has 0 unspecified atom stereocenters. The maximum Gasteiger partial charge on any atom is 0.161 e. The average molecular weight is 242 g/mol. The highest BCUT2D eigenvalue weighted by Crippen LogP contribution is 2.28. The quantitative estimate of drug-likeness (QED) is 0.832. The summed E-state index contributed by atoms with van der Waals surface area (Å²) >= 11 is 5.63. The van der Waals surface area contributed by atoms with Gasteiger partial charge in [0.2, 0.25) is 0 Å². The molecule has 0 aliphatic heterocycles. The number of halogens is 1. The summed E-state index contributed by atoms with van der Waals surface area (Å²) in [6.45, 7) is 4.44. The van der Waals surface area contributed by atoms with E-state index in [0.717, 1.165) is 12.0 Å². The number of hydrogen-bond donors (Lipinski definition) is 1. The summed E-state index contributed by atoms with van der Waals surface area (Å²) in [7, 11) is 1.60. The molecular weight excluding hydrogens is 226 g/mol. The standard InChI is InChI=1S/C12H16ClNO2/c1-9(13)8-16-11-4-3-10(5-6-14)7-12(11)15-2/h3-4,7H,1,5-6,8,14H2,2H3. The molecule has 0 aliphatic rings. The zero-order chi connectivity index (χ0) is 12.0. The van der Waals surface area contributed by atoms with E-state index >= 15 is 0 Å². The zero-order valence-corrected chi connectivity index (χ0v) is 10.1. The van der Waals surface area contributed by atoms with Crippen LogP contribution >= 0.6 is 11.6 Å². The molecule has 16 heavy (non-hydrogen) atoms. The fraction of sp³-hybridized carbons (Fsp3) is 0.333. The molecular formula is C12H16ClNO2. The second kappa shape index (κ2) is 6.40. The van der Waals surface area contributed by atoms with Crippen molar-refractivity contribution in [3.05, 3.63) is 35.4 Å². The van der Waals surface area contributed by atoms with Crippen molar-refractivity contribution >= 4 is 11.6 Å². The van der Waals surface area contributed by atoms with Gasteiger partial charge in [-0.25, -0.2) is 0 Å². The molecule has 3 nitrogen and oxygen atoms in total. The summed E-state index contributed by atoms with van der Waals surface area (Å²) in [5, 5.41) is 0.452. The van der Waals surface area contributed by atoms with Gasteiger partial charge >= 0.3 is 0 Å². The van der Waals surface area contributed by atoms with Crippen molar-refractivity contribution in [2.45, 2.75) is 6.42 Å². The first-order chi connectivity index (χ1) is 7.67. The molecule has 4 heteroatoms. The second-order valence-electron chi connectivity index (χ2n) is 3.33. The van der Waals surface area contributed by atoms with Crippen LogP contribution in [-0.2, 0) is 6.42 Å². The summed E-state index contributed by atoms with van der Waals surface area (Å²) in [5.41, 5.74) is 6.61. The molecule has 0 bridgehead atoms. The van der Waals surface area contributed by atoms with E-state index in [1.165, 1.54) is 0 Å². The predicted molar refractivity (Wildman–Crippen MR) is 66.2 cm³/mol. The third-order valence-electron chi connectivity index (χ3n) is 2.05. The summed E-state index contributed by atoms with van der Waals surface area (Å²) < 4.78 is 10.7. The largest absolute Gasteiger partial charge is 0.493 e. The molecule has 0 amide bonds. The lowest BCUT2D eigenvalue weighted by Crippen LogP contribution is -2.04. The third-order valence-corrected chi connectivity index (χ3v) is 2.15. The molecule has 1 rings (SSSR count). The topological polar surface area (TPSA) is 44.5 Å². The van der Waals surface area contributed by atoms with Crippen LogP contribution in [-0.4, -0.2) is 20.3 Å². The highest BCUT2D eigenvalue weighted by Gasteiger charge is 2.05. The number of ether oxygens (including phenoxy) is 2. The van der Waals surface area contributed by atoms with E-state index in [1.807, 2.05) is 18.2 Å². The molecule has 0 saturated carbocycles. The van der Waals surface area contributed by atoms with E-state index in [9.17, 15) is 0 Å². The van der Waals surface area contributed by atoms with Gasteiger partial charge in [-0.2, -0.15) is 0 Å². The molecule has 1 aromatic carbocycles. The second-order valence-corrected chi connectivity index (χ2v) is 3.86. The first kappa shape index (κ1) is 12.9. The lowest BCUT2D eigenvalue weighted by atomic mass is 10.1. The van der Waals surface area contributed by atoms with Gasteiger partial charge < -0.3 is 15.2 Å². The van der Waals surface area contributed by atoms with Gasteiger partial charge in [0, 0.05) is 5.03 Å². The Morgan fingerprint density at radius 1 is 1.44 bits per heavy atom. The fourth-order valence-corrected chi connectivity index (χ4v) is 1.36. The minimum absolute atomic E-state index is 0.272. The van der Waals surface area contributed by atoms with Crippen LogP contribution in [0.3, 0.4) is 0 Å². The van der Waals surface area contributed by atoms with Crippen molar-refractivity contribution in [2.75, 3.05) is 20.3 Å². The summed E-state index contributed by atoms with van der Waals surface area (Å²) in [6, 6.07) is 5.73. The summed E-state index contributed by atoms with van der Waals surface area (Å²) in [5.74, 6) is 1.34. The molecule has 1 aromatic rings. The van der Waals surface area contributed by atoms with Crippen LogP contribution in [0.15, 0.2) is 29.8 Å². The lowest BCUT2D eigenvalue weighted by molar-refractivity contribution is 0.324. The molecule has 0 heterocycles. The van der Waals surface area contributed by atoms with Crippen molar-refractivity contribution < 1.29 is 9.47 Å².